The van der Waals surface area contributed by atoms with Gasteiger partial charge in [-0.2, -0.15) is 0 Å². The summed E-state index contributed by atoms with van der Waals surface area (Å²) in [5.74, 6) is -0.301. The zero-order valence-corrected chi connectivity index (χ0v) is 11.2. The lowest BCUT2D eigenvalue weighted by molar-refractivity contribution is 0.614. The third kappa shape index (κ3) is 3.26. The van der Waals surface area contributed by atoms with Gasteiger partial charge in [0.2, 0.25) is 0 Å². The summed E-state index contributed by atoms with van der Waals surface area (Å²) in [7, 11) is 0. The molecule has 0 saturated carbocycles. The van der Waals surface area contributed by atoms with Gasteiger partial charge in [-0.1, -0.05) is 32.7 Å². The predicted molar refractivity (Wildman–Crippen MR) is 68.0 cm³/mol. The molecule has 0 radical (unpaired) electrons. The quantitative estimate of drug-likeness (QED) is 0.811. The van der Waals surface area contributed by atoms with Gasteiger partial charge in [-0.15, -0.1) is 5.10 Å². The Hall–Kier alpha value is -0.940. The van der Waals surface area contributed by atoms with Crippen molar-refractivity contribution in [1.29, 1.82) is 0 Å². The molecular formula is C11H10BrClFN3. The molecule has 0 atom stereocenters. The molecule has 1 heterocycles. The number of halogens is 3. The average molecular weight is 319 g/mol. The minimum atomic E-state index is -0.301. The van der Waals surface area contributed by atoms with Crippen LogP contribution in [0.4, 0.5) is 4.39 Å². The highest BCUT2D eigenvalue weighted by molar-refractivity contribution is 9.09. The van der Waals surface area contributed by atoms with Crippen LogP contribution < -0.4 is 0 Å². The van der Waals surface area contributed by atoms with Gasteiger partial charge >= 0.3 is 0 Å². The van der Waals surface area contributed by atoms with Crippen molar-refractivity contribution in [1.82, 2.24) is 15.0 Å². The van der Waals surface area contributed by atoms with E-state index in [1.807, 2.05) is 6.20 Å². The second-order valence-electron chi connectivity index (χ2n) is 3.58. The van der Waals surface area contributed by atoms with Crippen molar-refractivity contribution in [2.45, 2.75) is 13.0 Å². The average Bonchev–Trinajstić information content (AvgIpc) is 2.72. The van der Waals surface area contributed by atoms with E-state index in [1.165, 1.54) is 12.1 Å². The van der Waals surface area contributed by atoms with Crippen LogP contribution in [0.3, 0.4) is 0 Å². The fourth-order valence-corrected chi connectivity index (χ4v) is 2.05. The number of nitrogens with zero attached hydrogens (tertiary/aromatic N) is 3. The molecule has 2 rings (SSSR count). The van der Waals surface area contributed by atoms with Gasteiger partial charge < -0.3 is 0 Å². The maximum absolute atomic E-state index is 13.1. The van der Waals surface area contributed by atoms with Gasteiger partial charge in [-0.05, 0) is 23.8 Å². The number of aromatic nitrogens is 3. The van der Waals surface area contributed by atoms with Crippen LogP contribution in [-0.2, 0) is 13.0 Å². The highest BCUT2D eigenvalue weighted by Crippen LogP contribution is 2.17. The van der Waals surface area contributed by atoms with Crippen LogP contribution >= 0.6 is 27.5 Å². The molecule has 0 amide bonds. The van der Waals surface area contributed by atoms with Crippen LogP contribution in [0.2, 0.25) is 5.02 Å². The first-order valence-electron chi connectivity index (χ1n) is 5.08. The van der Waals surface area contributed by atoms with E-state index in [4.69, 9.17) is 11.6 Å². The van der Waals surface area contributed by atoms with Gasteiger partial charge in [-0.3, -0.25) is 0 Å². The summed E-state index contributed by atoms with van der Waals surface area (Å²) in [6.07, 6.45) is 2.65. The zero-order valence-electron chi connectivity index (χ0n) is 8.91. The van der Waals surface area contributed by atoms with Crippen molar-refractivity contribution in [2.75, 3.05) is 5.33 Å². The smallest absolute Gasteiger partial charge is 0.123 e. The number of rotatable bonds is 4. The number of aryl methyl sites for hydroxylation is 1. The summed E-state index contributed by atoms with van der Waals surface area (Å²) in [6, 6.07) is 4.29. The van der Waals surface area contributed by atoms with Crippen LogP contribution in [0.5, 0.6) is 0 Å². The van der Waals surface area contributed by atoms with Crippen LogP contribution in [0.15, 0.2) is 24.4 Å². The van der Waals surface area contributed by atoms with E-state index in [1.54, 1.807) is 10.7 Å². The monoisotopic (exact) mass is 317 g/mol. The highest BCUT2D eigenvalue weighted by atomic mass is 79.9. The Morgan fingerprint density at radius 1 is 1.41 bits per heavy atom. The van der Waals surface area contributed by atoms with Crippen LogP contribution in [0.25, 0.3) is 0 Å². The minimum Gasteiger partial charge on any atom is -0.248 e. The summed E-state index contributed by atoms with van der Waals surface area (Å²) in [4.78, 5) is 0. The third-order valence-electron chi connectivity index (χ3n) is 2.28. The first-order chi connectivity index (χ1) is 8.19. The zero-order chi connectivity index (χ0) is 12.3. The first kappa shape index (κ1) is 12.5. The summed E-state index contributed by atoms with van der Waals surface area (Å²) in [6.45, 7) is 0.422. The first-order valence-corrected chi connectivity index (χ1v) is 6.58. The van der Waals surface area contributed by atoms with Crippen molar-refractivity contribution in [3.05, 3.63) is 46.5 Å². The molecule has 1 aromatic heterocycles. The molecule has 0 spiro atoms. The Morgan fingerprint density at radius 2 is 2.24 bits per heavy atom. The molecule has 0 N–H and O–H groups in total. The maximum Gasteiger partial charge on any atom is 0.123 e. The molecule has 0 saturated heterocycles. The minimum absolute atomic E-state index is 0.301. The topological polar surface area (TPSA) is 30.7 Å². The predicted octanol–water partition coefficient (Wildman–Crippen LogP) is 3.06. The second-order valence-corrected chi connectivity index (χ2v) is 4.78. The summed E-state index contributed by atoms with van der Waals surface area (Å²) in [5, 5.41) is 9.34. The number of hydrogen-bond acceptors (Lipinski definition) is 2. The van der Waals surface area contributed by atoms with Crippen molar-refractivity contribution >= 4 is 27.5 Å². The standard InChI is InChI=1S/C11H10BrClFN3/c12-4-3-10-7-17(16-15-10)6-8-5-9(14)1-2-11(8)13/h1-2,5,7H,3-4,6H2. The summed E-state index contributed by atoms with van der Waals surface area (Å²) in [5.41, 5.74) is 1.59. The lowest BCUT2D eigenvalue weighted by Crippen LogP contribution is -2.01. The van der Waals surface area contributed by atoms with Crippen LogP contribution in [-0.4, -0.2) is 20.3 Å². The van der Waals surface area contributed by atoms with Gasteiger partial charge in [0.05, 0.1) is 12.2 Å². The number of benzene rings is 1. The Labute approximate surface area is 112 Å². The third-order valence-corrected chi connectivity index (χ3v) is 3.04. The molecule has 2 aromatic rings. The molecule has 0 unspecified atom stereocenters. The van der Waals surface area contributed by atoms with E-state index >= 15 is 0 Å². The van der Waals surface area contributed by atoms with Gasteiger partial charge in [0.15, 0.2) is 0 Å². The van der Waals surface area contributed by atoms with Gasteiger partial charge in [0.25, 0.3) is 0 Å². The summed E-state index contributed by atoms with van der Waals surface area (Å²) < 4.78 is 14.7. The fourth-order valence-electron chi connectivity index (χ4n) is 1.47. The molecule has 0 bridgehead atoms. The molecule has 0 fully saturated rings. The van der Waals surface area contributed by atoms with Gasteiger partial charge in [0.1, 0.15) is 5.82 Å². The molecule has 0 aliphatic carbocycles. The van der Waals surface area contributed by atoms with Gasteiger partial charge in [0, 0.05) is 23.0 Å². The fraction of sp³-hybridized carbons (Fsp3) is 0.273. The second kappa shape index (κ2) is 5.60. The Balaban J connectivity index is 2.16. The number of alkyl halides is 1. The molecule has 17 heavy (non-hydrogen) atoms. The van der Waals surface area contributed by atoms with E-state index in [0.717, 1.165) is 17.4 Å². The molecule has 0 aliphatic heterocycles. The Kier molecular flexibility index (Phi) is 4.12. The lowest BCUT2D eigenvalue weighted by atomic mass is 10.2. The molecule has 90 valence electrons. The van der Waals surface area contributed by atoms with Crippen LogP contribution in [0.1, 0.15) is 11.3 Å². The SMILES string of the molecule is Fc1ccc(Cl)c(Cn2cc(CCBr)nn2)c1. The van der Waals surface area contributed by atoms with Crippen LogP contribution in [0, 0.1) is 5.82 Å². The Bertz CT molecular complexity index is 515. The molecule has 6 heteroatoms. The maximum atomic E-state index is 13.1. The van der Waals surface area contributed by atoms with E-state index in [9.17, 15) is 4.39 Å². The van der Waals surface area contributed by atoms with Gasteiger partial charge in [-0.25, -0.2) is 9.07 Å². The molecule has 3 nitrogen and oxygen atoms in total. The highest BCUT2D eigenvalue weighted by Gasteiger charge is 2.05. The lowest BCUT2D eigenvalue weighted by Gasteiger charge is -2.03. The van der Waals surface area contributed by atoms with E-state index < -0.39 is 0 Å². The normalized spacial score (nSPS) is 10.8. The Morgan fingerprint density at radius 3 is 3.00 bits per heavy atom. The van der Waals surface area contributed by atoms with Crippen molar-refractivity contribution in [3.63, 3.8) is 0 Å². The molecule has 0 aliphatic rings. The van der Waals surface area contributed by atoms with E-state index in [0.29, 0.717) is 17.1 Å². The summed E-state index contributed by atoms with van der Waals surface area (Å²) >= 11 is 9.31. The van der Waals surface area contributed by atoms with Crippen molar-refractivity contribution in [2.24, 2.45) is 0 Å². The van der Waals surface area contributed by atoms with E-state index in [-0.39, 0.29) is 5.82 Å². The van der Waals surface area contributed by atoms with E-state index in [2.05, 4.69) is 26.2 Å². The largest absolute Gasteiger partial charge is 0.248 e. The van der Waals surface area contributed by atoms with Crippen molar-refractivity contribution in [3.8, 4) is 0 Å². The van der Waals surface area contributed by atoms with Crippen molar-refractivity contribution < 1.29 is 4.39 Å². The molecular weight excluding hydrogens is 308 g/mol. The number of hydrogen-bond donors (Lipinski definition) is 0. The molecule has 1 aromatic carbocycles.